The van der Waals surface area contributed by atoms with Crippen LogP contribution in [0.4, 0.5) is 0 Å². The van der Waals surface area contributed by atoms with Crippen LogP contribution in [0.15, 0.2) is 18.2 Å². The first-order chi connectivity index (χ1) is 10.7. The Hall–Kier alpha value is -0.770. The zero-order valence-electron chi connectivity index (χ0n) is 13.2. The molecule has 4 heteroatoms. The van der Waals surface area contributed by atoms with Crippen LogP contribution in [0.25, 0.3) is 0 Å². The summed E-state index contributed by atoms with van der Waals surface area (Å²) >= 11 is 6.48. The minimum atomic E-state index is 0.106. The molecule has 2 aliphatic rings. The van der Waals surface area contributed by atoms with Gasteiger partial charge in [0, 0.05) is 18.6 Å². The molecule has 3 rings (SSSR count). The predicted molar refractivity (Wildman–Crippen MR) is 89.7 cm³/mol. The first kappa shape index (κ1) is 16.1. The Morgan fingerprint density at radius 2 is 2.05 bits per heavy atom. The Balaban J connectivity index is 1.76. The minimum absolute atomic E-state index is 0.106. The van der Waals surface area contributed by atoms with E-state index in [4.69, 9.17) is 26.8 Å². The Morgan fingerprint density at radius 1 is 1.23 bits per heavy atom. The minimum Gasteiger partial charge on any atom is -0.486 e. The molecule has 122 valence electrons. The molecule has 1 heterocycles. The fraction of sp³-hybridized carbons (Fsp3) is 0.667. The number of hydrogen-bond acceptors (Lipinski definition) is 3. The number of ether oxygens (including phenoxy) is 2. The first-order valence-electron chi connectivity index (χ1n) is 8.48. The average molecular weight is 324 g/mol. The van der Waals surface area contributed by atoms with Gasteiger partial charge in [0.25, 0.3) is 0 Å². The van der Waals surface area contributed by atoms with Crippen LogP contribution in [0.3, 0.4) is 0 Å². The van der Waals surface area contributed by atoms with Gasteiger partial charge in [0.15, 0.2) is 0 Å². The predicted octanol–water partition coefficient (Wildman–Crippen LogP) is 4.06. The molecule has 1 aliphatic carbocycles. The van der Waals surface area contributed by atoms with Crippen LogP contribution in [0.5, 0.6) is 5.75 Å². The quantitative estimate of drug-likeness (QED) is 0.908. The Kier molecular flexibility index (Phi) is 5.27. The maximum absolute atomic E-state index is 6.48. The largest absolute Gasteiger partial charge is 0.486 e. The van der Waals surface area contributed by atoms with E-state index in [1.807, 2.05) is 6.07 Å². The fourth-order valence-electron chi connectivity index (χ4n) is 3.75. The standard InChI is InChI=1S/C18H26ClNO2/c19-16-11-14(18(13-20)8-2-1-3-9-18)6-7-17(16)22-15-5-4-10-21-12-15/h6-7,11,15H,1-5,8-10,12-13,20H2. The first-order valence-corrected chi connectivity index (χ1v) is 8.86. The van der Waals surface area contributed by atoms with Crippen molar-refractivity contribution in [1.29, 1.82) is 0 Å². The van der Waals surface area contributed by atoms with Gasteiger partial charge in [-0.05, 0) is 43.4 Å². The van der Waals surface area contributed by atoms with Gasteiger partial charge >= 0.3 is 0 Å². The van der Waals surface area contributed by atoms with Gasteiger partial charge in [-0.1, -0.05) is 36.9 Å². The number of halogens is 1. The Morgan fingerprint density at radius 3 is 2.68 bits per heavy atom. The van der Waals surface area contributed by atoms with Crippen LogP contribution >= 0.6 is 11.6 Å². The van der Waals surface area contributed by atoms with Crippen molar-refractivity contribution in [2.75, 3.05) is 19.8 Å². The van der Waals surface area contributed by atoms with Crippen LogP contribution in [0, 0.1) is 0 Å². The summed E-state index contributed by atoms with van der Waals surface area (Å²) in [6, 6.07) is 6.24. The van der Waals surface area contributed by atoms with Gasteiger partial charge in [-0.25, -0.2) is 0 Å². The van der Waals surface area contributed by atoms with Gasteiger partial charge in [0.05, 0.1) is 11.6 Å². The van der Waals surface area contributed by atoms with Crippen molar-refractivity contribution in [3.05, 3.63) is 28.8 Å². The van der Waals surface area contributed by atoms with Crippen LogP contribution in [-0.2, 0) is 10.2 Å². The molecule has 1 saturated heterocycles. The number of nitrogens with two attached hydrogens (primary N) is 1. The van der Waals surface area contributed by atoms with Crippen LogP contribution in [0.1, 0.15) is 50.5 Å². The summed E-state index contributed by atoms with van der Waals surface area (Å²) < 4.78 is 11.5. The number of benzene rings is 1. The highest BCUT2D eigenvalue weighted by Gasteiger charge is 2.33. The number of hydrogen-bond donors (Lipinski definition) is 1. The lowest BCUT2D eigenvalue weighted by Crippen LogP contribution is -2.37. The van der Waals surface area contributed by atoms with Crippen molar-refractivity contribution in [3.8, 4) is 5.75 Å². The highest BCUT2D eigenvalue weighted by molar-refractivity contribution is 6.32. The van der Waals surface area contributed by atoms with Crippen LogP contribution in [0.2, 0.25) is 5.02 Å². The third-order valence-electron chi connectivity index (χ3n) is 5.16. The van der Waals surface area contributed by atoms with Gasteiger partial charge in [-0.3, -0.25) is 0 Å². The molecule has 2 fully saturated rings. The monoisotopic (exact) mass is 323 g/mol. The summed E-state index contributed by atoms with van der Waals surface area (Å²) in [6.45, 7) is 2.19. The van der Waals surface area contributed by atoms with Crippen LogP contribution < -0.4 is 10.5 Å². The summed E-state index contributed by atoms with van der Waals surface area (Å²) in [5.41, 5.74) is 7.49. The maximum atomic E-state index is 6.48. The van der Waals surface area contributed by atoms with Gasteiger partial charge in [0.1, 0.15) is 11.9 Å². The summed E-state index contributed by atoms with van der Waals surface area (Å²) in [6.07, 6.45) is 8.36. The van der Waals surface area contributed by atoms with Gasteiger partial charge in [-0.15, -0.1) is 0 Å². The molecule has 0 amide bonds. The molecule has 1 saturated carbocycles. The zero-order valence-corrected chi connectivity index (χ0v) is 13.9. The van der Waals surface area contributed by atoms with Gasteiger partial charge < -0.3 is 15.2 Å². The molecule has 0 aromatic heterocycles. The summed E-state index contributed by atoms with van der Waals surface area (Å²) in [5, 5.41) is 0.696. The number of rotatable bonds is 4. The van der Waals surface area contributed by atoms with E-state index in [-0.39, 0.29) is 11.5 Å². The summed E-state index contributed by atoms with van der Waals surface area (Å²) in [7, 11) is 0. The third-order valence-corrected chi connectivity index (χ3v) is 5.45. The molecule has 0 bridgehead atoms. The molecule has 3 nitrogen and oxygen atoms in total. The lowest BCUT2D eigenvalue weighted by atomic mass is 9.69. The zero-order chi connectivity index (χ0) is 15.4. The highest BCUT2D eigenvalue weighted by Crippen LogP contribution is 2.41. The lowest BCUT2D eigenvalue weighted by molar-refractivity contribution is 0.00746. The van der Waals surface area contributed by atoms with E-state index in [1.165, 1.54) is 24.8 Å². The topological polar surface area (TPSA) is 44.5 Å². The van der Waals surface area contributed by atoms with E-state index >= 15 is 0 Å². The lowest BCUT2D eigenvalue weighted by Gasteiger charge is -2.37. The van der Waals surface area contributed by atoms with E-state index in [0.717, 1.165) is 38.0 Å². The molecular weight excluding hydrogens is 298 g/mol. The van der Waals surface area contributed by atoms with Crippen molar-refractivity contribution in [2.45, 2.75) is 56.5 Å². The van der Waals surface area contributed by atoms with Gasteiger partial charge in [-0.2, -0.15) is 0 Å². The SMILES string of the molecule is NCC1(c2ccc(OC3CCCOC3)c(Cl)c2)CCCCC1. The molecule has 1 atom stereocenters. The molecule has 1 aliphatic heterocycles. The molecule has 1 aromatic rings. The second kappa shape index (κ2) is 7.20. The molecule has 22 heavy (non-hydrogen) atoms. The van der Waals surface area contributed by atoms with E-state index < -0.39 is 0 Å². The van der Waals surface area contributed by atoms with E-state index in [1.54, 1.807) is 0 Å². The van der Waals surface area contributed by atoms with E-state index in [2.05, 4.69) is 12.1 Å². The van der Waals surface area contributed by atoms with Crippen molar-refractivity contribution in [3.63, 3.8) is 0 Å². The second-order valence-electron chi connectivity index (χ2n) is 6.65. The fourth-order valence-corrected chi connectivity index (χ4v) is 3.97. The summed E-state index contributed by atoms with van der Waals surface area (Å²) in [5.74, 6) is 0.767. The maximum Gasteiger partial charge on any atom is 0.138 e. The van der Waals surface area contributed by atoms with Gasteiger partial charge in [0.2, 0.25) is 0 Å². The molecular formula is C18H26ClNO2. The Labute approximate surface area is 138 Å². The highest BCUT2D eigenvalue weighted by atomic mass is 35.5. The third kappa shape index (κ3) is 3.42. The molecule has 0 radical (unpaired) electrons. The normalized spacial score (nSPS) is 24.9. The average Bonchev–Trinajstić information content (AvgIpc) is 2.58. The second-order valence-corrected chi connectivity index (χ2v) is 7.05. The van der Waals surface area contributed by atoms with Crippen molar-refractivity contribution < 1.29 is 9.47 Å². The molecule has 2 N–H and O–H groups in total. The van der Waals surface area contributed by atoms with Crippen LogP contribution in [-0.4, -0.2) is 25.9 Å². The van der Waals surface area contributed by atoms with E-state index in [0.29, 0.717) is 18.2 Å². The molecule has 1 aromatic carbocycles. The van der Waals surface area contributed by atoms with Crippen molar-refractivity contribution in [1.82, 2.24) is 0 Å². The van der Waals surface area contributed by atoms with Crippen molar-refractivity contribution >= 4 is 11.6 Å². The Bertz CT molecular complexity index is 494. The van der Waals surface area contributed by atoms with E-state index in [9.17, 15) is 0 Å². The molecule has 1 unspecified atom stereocenters. The smallest absolute Gasteiger partial charge is 0.138 e. The summed E-state index contributed by atoms with van der Waals surface area (Å²) in [4.78, 5) is 0. The van der Waals surface area contributed by atoms with Crippen molar-refractivity contribution in [2.24, 2.45) is 5.73 Å². The molecule has 0 spiro atoms.